The molecule has 1 N–H and O–H groups in total. The molecule has 122 valence electrons. The Morgan fingerprint density at radius 1 is 1.08 bits per heavy atom. The molecule has 0 saturated carbocycles. The van der Waals surface area contributed by atoms with Crippen molar-refractivity contribution in [3.8, 4) is 0 Å². The number of nitrogens with zero attached hydrogens (tertiary/aromatic N) is 1. The number of carbonyl (C=O) groups excluding carboxylic acids is 2. The minimum Gasteiger partial charge on any atom is -0.822 e. The van der Waals surface area contributed by atoms with Crippen LogP contribution in [-0.2, 0) is 14.2 Å². The van der Waals surface area contributed by atoms with E-state index in [1.807, 2.05) is 25.1 Å². The molecule has 2 rings (SSSR count). The monoisotopic (exact) mass is 396 g/mol. The fourth-order valence-corrected chi connectivity index (χ4v) is 1.94. The summed E-state index contributed by atoms with van der Waals surface area (Å²) in [6.07, 6.45) is 2.51. The van der Waals surface area contributed by atoms with Crippen LogP contribution in [0.2, 0.25) is 0 Å². The molecule has 1 saturated heterocycles. The molecule has 0 aliphatic carbocycles. The van der Waals surface area contributed by atoms with Crippen molar-refractivity contribution in [2.24, 2.45) is 5.92 Å². The van der Waals surface area contributed by atoms with E-state index in [-0.39, 0.29) is 100 Å². The van der Waals surface area contributed by atoms with E-state index >= 15 is 0 Å². The topological polar surface area (TPSA) is 136 Å². The summed E-state index contributed by atoms with van der Waals surface area (Å²) in [5, 5.41) is 1.35. The van der Waals surface area contributed by atoms with Gasteiger partial charge < -0.3 is 19.2 Å². The molecule has 1 aliphatic rings. The standard InChI is InChI=1S/C13H16N2O2.3Na.H3O4P/c1-2-3-9-11-12(16)14-15(13(11)17)10-7-5-4-6-8-10;;;;1-5(2,3)4/h4-8,11H,2-3,9H2,1H3,(H,14,16);;;;(H3,1,2,3,4)/q;3*+1;/p-3. The van der Waals surface area contributed by atoms with Gasteiger partial charge in [0.05, 0.1) is 5.69 Å². The van der Waals surface area contributed by atoms with Crippen molar-refractivity contribution in [1.82, 2.24) is 5.43 Å². The molecule has 2 amide bonds. The largest absolute Gasteiger partial charge is 1.00 e. The van der Waals surface area contributed by atoms with E-state index in [2.05, 4.69) is 5.43 Å². The molecule has 1 aromatic rings. The van der Waals surface area contributed by atoms with Crippen LogP contribution in [0.25, 0.3) is 0 Å². The molecule has 0 spiro atoms. The maximum atomic E-state index is 12.1. The second-order valence-electron chi connectivity index (χ2n) is 4.63. The van der Waals surface area contributed by atoms with Crippen LogP contribution >= 0.6 is 7.82 Å². The molecule has 1 atom stereocenters. The van der Waals surface area contributed by atoms with Gasteiger partial charge in [-0.25, -0.2) is 5.01 Å². The van der Waals surface area contributed by atoms with Gasteiger partial charge in [0, 0.05) is 0 Å². The molecule has 1 aliphatic heterocycles. The predicted octanol–water partition coefficient (Wildman–Crippen LogP) is -9.94. The fourth-order valence-electron chi connectivity index (χ4n) is 1.94. The van der Waals surface area contributed by atoms with E-state index in [1.54, 1.807) is 12.1 Å². The summed E-state index contributed by atoms with van der Waals surface area (Å²) >= 11 is 0. The Morgan fingerprint density at radius 3 is 2.00 bits per heavy atom. The van der Waals surface area contributed by atoms with Gasteiger partial charge >= 0.3 is 88.7 Å². The number of para-hydroxylation sites is 1. The van der Waals surface area contributed by atoms with E-state index in [9.17, 15) is 9.59 Å². The van der Waals surface area contributed by atoms with Crippen molar-refractivity contribution < 1.29 is 118 Å². The van der Waals surface area contributed by atoms with E-state index < -0.39 is 13.7 Å². The van der Waals surface area contributed by atoms with Crippen molar-refractivity contribution in [1.29, 1.82) is 0 Å². The van der Waals surface area contributed by atoms with Gasteiger partial charge in [-0.2, -0.15) is 7.82 Å². The zero-order valence-electron chi connectivity index (χ0n) is 14.9. The summed E-state index contributed by atoms with van der Waals surface area (Å²) in [6.45, 7) is 2.05. The summed E-state index contributed by atoms with van der Waals surface area (Å²) in [6, 6.07) is 9.17. The van der Waals surface area contributed by atoms with Gasteiger partial charge in [-0.15, -0.1) is 0 Å². The first-order valence-electron chi connectivity index (χ1n) is 6.66. The molecule has 8 nitrogen and oxygen atoms in total. The van der Waals surface area contributed by atoms with Crippen LogP contribution in [0.4, 0.5) is 5.69 Å². The Bertz CT molecular complexity index is 564. The van der Waals surface area contributed by atoms with Crippen molar-refractivity contribution in [3.05, 3.63) is 30.3 Å². The molecule has 1 fully saturated rings. The van der Waals surface area contributed by atoms with Gasteiger partial charge in [-0.1, -0.05) is 38.0 Å². The van der Waals surface area contributed by atoms with Gasteiger partial charge in [0.25, 0.3) is 11.8 Å². The van der Waals surface area contributed by atoms with Crippen LogP contribution < -0.4 is 114 Å². The zero-order valence-corrected chi connectivity index (χ0v) is 21.8. The number of amides is 2. The maximum Gasteiger partial charge on any atom is 1.00 e. The average Bonchev–Trinajstić information content (AvgIpc) is 2.71. The normalized spacial score (nSPS) is 15.7. The molecule has 0 bridgehead atoms. The minimum absolute atomic E-state index is 0. The number of benzene rings is 1. The molecule has 25 heavy (non-hydrogen) atoms. The first-order valence-corrected chi connectivity index (χ1v) is 8.12. The third-order valence-electron chi connectivity index (χ3n) is 2.92. The van der Waals surface area contributed by atoms with Gasteiger partial charge in [0.15, 0.2) is 0 Å². The zero-order chi connectivity index (χ0) is 16.8. The maximum absolute atomic E-state index is 12.1. The van der Waals surface area contributed by atoms with Crippen molar-refractivity contribution in [2.45, 2.75) is 26.2 Å². The Kier molecular flexibility index (Phi) is 18.9. The Labute approximate surface area is 213 Å². The summed E-state index contributed by atoms with van der Waals surface area (Å²) in [5.41, 5.74) is 3.34. The summed E-state index contributed by atoms with van der Waals surface area (Å²) < 4.78 is 8.55. The second-order valence-corrected chi connectivity index (χ2v) is 5.52. The Morgan fingerprint density at radius 2 is 1.56 bits per heavy atom. The van der Waals surface area contributed by atoms with E-state index in [4.69, 9.17) is 19.2 Å². The average molecular weight is 396 g/mol. The summed E-state index contributed by atoms with van der Waals surface area (Å²) in [5.74, 6) is -0.850. The molecule has 0 radical (unpaired) electrons. The summed E-state index contributed by atoms with van der Waals surface area (Å²) in [4.78, 5) is 49.4. The number of unbranched alkanes of at least 4 members (excludes halogenated alkanes) is 1. The first-order chi connectivity index (χ1) is 10.2. The number of hydrazine groups is 1. The molecule has 1 aromatic carbocycles. The number of rotatable bonds is 4. The van der Waals surface area contributed by atoms with Crippen LogP contribution in [0.15, 0.2) is 30.3 Å². The third kappa shape index (κ3) is 12.4. The van der Waals surface area contributed by atoms with E-state index in [1.165, 1.54) is 5.01 Å². The molecule has 1 unspecified atom stereocenters. The van der Waals surface area contributed by atoms with Gasteiger partial charge in [-0.05, 0) is 18.6 Å². The van der Waals surface area contributed by atoms with Gasteiger partial charge in [0.1, 0.15) is 5.92 Å². The smallest absolute Gasteiger partial charge is 0.822 e. The number of carbonyl (C=O) groups is 2. The van der Waals surface area contributed by atoms with E-state index in [0.29, 0.717) is 12.1 Å². The SMILES string of the molecule is CCCCC1C(=O)NN(c2ccccc2)C1=O.O=P([O-])([O-])[O-].[Na+].[Na+].[Na+]. The Balaban J connectivity index is -0.000000539. The second kappa shape index (κ2) is 15.2. The predicted molar refractivity (Wildman–Crippen MR) is 72.7 cm³/mol. The molecular formula is C13H16N2Na3O6P. The number of nitrogens with one attached hydrogen (secondary N) is 1. The third-order valence-corrected chi connectivity index (χ3v) is 2.92. The summed E-state index contributed by atoms with van der Waals surface area (Å²) in [7, 11) is -5.39. The van der Waals surface area contributed by atoms with Crippen LogP contribution in [-0.4, -0.2) is 11.8 Å². The molecule has 0 aromatic heterocycles. The van der Waals surface area contributed by atoms with Crippen LogP contribution in [0.1, 0.15) is 26.2 Å². The van der Waals surface area contributed by atoms with E-state index in [0.717, 1.165) is 12.8 Å². The number of hydrogen-bond acceptors (Lipinski definition) is 6. The first kappa shape index (κ1) is 31.0. The van der Waals surface area contributed by atoms with Crippen LogP contribution in [0.5, 0.6) is 0 Å². The van der Waals surface area contributed by atoms with Crippen LogP contribution in [0, 0.1) is 5.92 Å². The minimum atomic E-state index is -5.39. The molecular weight excluding hydrogens is 380 g/mol. The Hall–Kier alpha value is 1.27. The van der Waals surface area contributed by atoms with Gasteiger partial charge in [-0.3, -0.25) is 15.0 Å². The number of phosphoric acid groups is 1. The van der Waals surface area contributed by atoms with Crippen molar-refractivity contribution in [3.63, 3.8) is 0 Å². The number of hydrogen-bond donors (Lipinski definition) is 1. The molecule has 1 heterocycles. The quantitative estimate of drug-likeness (QED) is 0.305. The molecule has 12 heteroatoms. The fraction of sp³-hybridized carbons (Fsp3) is 0.385. The van der Waals surface area contributed by atoms with Gasteiger partial charge in [0.2, 0.25) is 0 Å². The van der Waals surface area contributed by atoms with Crippen molar-refractivity contribution >= 4 is 25.3 Å². The number of anilines is 1. The van der Waals surface area contributed by atoms with Crippen LogP contribution in [0.3, 0.4) is 0 Å². The van der Waals surface area contributed by atoms with Crippen molar-refractivity contribution in [2.75, 3.05) is 5.01 Å².